The van der Waals surface area contributed by atoms with Gasteiger partial charge in [0.15, 0.2) is 0 Å². The summed E-state index contributed by atoms with van der Waals surface area (Å²) in [5, 5.41) is 0. The Hall–Kier alpha value is 0.230. The van der Waals surface area contributed by atoms with E-state index in [0.717, 1.165) is 65.6 Å². The van der Waals surface area contributed by atoms with Gasteiger partial charge in [0.2, 0.25) is 0 Å². The molecule has 0 aliphatic carbocycles. The molecule has 1 aliphatic heterocycles. The number of ether oxygens (including phenoxy) is 1. The van der Waals surface area contributed by atoms with Gasteiger partial charge < -0.3 is 0 Å². The van der Waals surface area contributed by atoms with E-state index in [1.807, 2.05) is 0 Å². The minimum absolute atomic E-state index is 0.874. The zero-order chi connectivity index (χ0) is 16.6. The van der Waals surface area contributed by atoms with Gasteiger partial charge in [-0.05, 0) is 0 Å². The Bertz CT molecular complexity index is 257. The first-order valence-corrected chi connectivity index (χ1v) is 11.0. The zero-order valence-electron chi connectivity index (χ0n) is 15.8. The van der Waals surface area contributed by atoms with Crippen LogP contribution >= 0.6 is 7.87 Å². The van der Waals surface area contributed by atoms with Crippen molar-refractivity contribution in [3.05, 3.63) is 0 Å². The van der Waals surface area contributed by atoms with Crippen LogP contribution in [0.1, 0.15) is 41.5 Å². The van der Waals surface area contributed by atoms with Gasteiger partial charge in [0.1, 0.15) is 0 Å². The van der Waals surface area contributed by atoms with Crippen LogP contribution in [0, 0.1) is 0 Å². The van der Waals surface area contributed by atoms with Crippen LogP contribution in [0.15, 0.2) is 0 Å². The Kier molecular flexibility index (Phi) is 9.37. The molecule has 0 saturated carbocycles. The first-order valence-electron chi connectivity index (χ1n) is 9.24. The molecule has 1 rings (SSSR count). The monoisotopic (exact) mass is 334 g/mol. The van der Waals surface area contributed by atoms with E-state index < -0.39 is 7.87 Å². The Morgan fingerprint density at radius 1 is 0.682 bits per heavy atom. The fourth-order valence-corrected chi connectivity index (χ4v) is 9.74. The SMILES string of the molecule is CCN(CC)[PH](N(CC)CC)(N(CC)CC)N1CCOCC1. The van der Waals surface area contributed by atoms with Crippen LogP contribution in [0.25, 0.3) is 0 Å². The summed E-state index contributed by atoms with van der Waals surface area (Å²) in [6.45, 7) is 24.5. The van der Waals surface area contributed by atoms with E-state index in [0.29, 0.717) is 0 Å². The second-order valence-corrected chi connectivity index (χ2v) is 9.45. The molecule has 0 aromatic rings. The van der Waals surface area contributed by atoms with Crippen molar-refractivity contribution in [3.8, 4) is 0 Å². The van der Waals surface area contributed by atoms with Crippen molar-refractivity contribution in [3.63, 3.8) is 0 Å². The quantitative estimate of drug-likeness (QED) is 0.571. The van der Waals surface area contributed by atoms with Crippen molar-refractivity contribution in [2.45, 2.75) is 41.5 Å². The third kappa shape index (κ3) is 3.82. The van der Waals surface area contributed by atoms with Crippen molar-refractivity contribution in [2.24, 2.45) is 0 Å². The summed E-state index contributed by atoms with van der Waals surface area (Å²) in [5.74, 6) is 0. The molecule has 0 spiro atoms. The van der Waals surface area contributed by atoms with Gasteiger partial charge in [-0.3, -0.25) is 0 Å². The van der Waals surface area contributed by atoms with Crippen molar-refractivity contribution < 1.29 is 4.74 Å². The fraction of sp³-hybridized carbons (Fsp3) is 1.00. The molecule has 0 aromatic carbocycles. The topological polar surface area (TPSA) is 22.2 Å². The van der Waals surface area contributed by atoms with Gasteiger partial charge in [0.25, 0.3) is 0 Å². The molecule has 0 N–H and O–H groups in total. The van der Waals surface area contributed by atoms with E-state index >= 15 is 0 Å². The molecule has 0 radical (unpaired) electrons. The van der Waals surface area contributed by atoms with Gasteiger partial charge in [-0.25, -0.2) is 0 Å². The molecular formula is C16H39N4OP. The summed E-state index contributed by atoms with van der Waals surface area (Å²) in [6, 6.07) is 0. The van der Waals surface area contributed by atoms with E-state index in [1.54, 1.807) is 0 Å². The molecule has 0 bridgehead atoms. The molecule has 1 fully saturated rings. The first kappa shape index (κ1) is 20.3. The third-order valence-electron chi connectivity index (χ3n) is 5.00. The average molecular weight is 334 g/mol. The minimum atomic E-state index is -2.03. The molecule has 0 atom stereocenters. The van der Waals surface area contributed by atoms with Crippen LogP contribution in [0.5, 0.6) is 0 Å². The van der Waals surface area contributed by atoms with E-state index in [2.05, 4.69) is 60.2 Å². The van der Waals surface area contributed by atoms with Gasteiger partial charge in [0.05, 0.1) is 0 Å². The van der Waals surface area contributed by atoms with Crippen LogP contribution in [0.2, 0.25) is 0 Å². The van der Waals surface area contributed by atoms with Gasteiger partial charge in [0, 0.05) is 0 Å². The molecule has 1 saturated heterocycles. The average Bonchev–Trinajstić information content (AvgIpc) is 2.58. The van der Waals surface area contributed by atoms with Gasteiger partial charge in [-0.15, -0.1) is 0 Å². The van der Waals surface area contributed by atoms with Crippen molar-refractivity contribution in [1.82, 2.24) is 18.7 Å². The number of hydrogen-bond donors (Lipinski definition) is 0. The van der Waals surface area contributed by atoms with Crippen LogP contribution in [0.4, 0.5) is 0 Å². The van der Waals surface area contributed by atoms with Crippen molar-refractivity contribution >= 4 is 7.87 Å². The maximum absolute atomic E-state index is 5.66. The summed E-state index contributed by atoms with van der Waals surface area (Å²) in [5.41, 5.74) is 0. The summed E-state index contributed by atoms with van der Waals surface area (Å²) < 4.78 is 16.7. The van der Waals surface area contributed by atoms with Crippen LogP contribution in [-0.4, -0.2) is 84.3 Å². The molecular weight excluding hydrogens is 295 g/mol. The van der Waals surface area contributed by atoms with E-state index in [1.165, 1.54) is 0 Å². The molecule has 134 valence electrons. The predicted molar refractivity (Wildman–Crippen MR) is 99.5 cm³/mol. The van der Waals surface area contributed by atoms with E-state index in [4.69, 9.17) is 4.74 Å². The second kappa shape index (κ2) is 10.2. The Morgan fingerprint density at radius 3 is 1.27 bits per heavy atom. The standard InChI is InChI=1S/C16H39N4OP/c1-7-17(8-2)22(18(9-3)10-4,19(11-5)12-6)20-13-15-21-16-14-20/h22H,7-16H2,1-6H3. The maximum atomic E-state index is 5.66. The summed E-state index contributed by atoms with van der Waals surface area (Å²) >= 11 is 0. The molecule has 0 amide bonds. The molecule has 1 heterocycles. The number of rotatable bonds is 10. The molecule has 0 aromatic heterocycles. The van der Waals surface area contributed by atoms with Crippen LogP contribution in [0.3, 0.4) is 0 Å². The zero-order valence-corrected chi connectivity index (χ0v) is 16.8. The first-order chi connectivity index (χ1) is 10.7. The number of hydrogen-bond acceptors (Lipinski definition) is 5. The van der Waals surface area contributed by atoms with Crippen molar-refractivity contribution in [2.75, 3.05) is 65.6 Å². The molecule has 0 unspecified atom stereocenters. The van der Waals surface area contributed by atoms with Gasteiger partial charge in [-0.2, -0.15) is 0 Å². The van der Waals surface area contributed by atoms with Gasteiger partial charge >= 0.3 is 138 Å². The van der Waals surface area contributed by atoms with Crippen LogP contribution in [-0.2, 0) is 4.74 Å². The fourth-order valence-electron chi connectivity index (χ4n) is 4.01. The van der Waals surface area contributed by atoms with Crippen LogP contribution < -0.4 is 0 Å². The van der Waals surface area contributed by atoms with E-state index in [9.17, 15) is 0 Å². The number of nitrogens with zero attached hydrogens (tertiary/aromatic N) is 4. The Balaban J connectivity index is 3.37. The Morgan fingerprint density at radius 2 is 1.00 bits per heavy atom. The van der Waals surface area contributed by atoms with Gasteiger partial charge in [-0.1, -0.05) is 0 Å². The normalized spacial score (nSPS) is 18.6. The second-order valence-electron chi connectivity index (χ2n) is 5.72. The summed E-state index contributed by atoms with van der Waals surface area (Å²) in [6.07, 6.45) is 0. The third-order valence-corrected chi connectivity index (χ3v) is 10.7. The molecule has 22 heavy (non-hydrogen) atoms. The summed E-state index contributed by atoms with van der Waals surface area (Å²) in [7, 11) is -2.03. The molecule has 5 nitrogen and oxygen atoms in total. The Labute approximate surface area is 139 Å². The molecule has 6 heteroatoms. The summed E-state index contributed by atoms with van der Waals surface area (Å²) in [4.78, 5) is 0. The van der Waals surface area contributed by atoms with E-state index in [-0.39, 0.29) is 0 Å². The predicted octanol–water partition coefficient (Wildman–Crippen LogP) is 2.75. The van der Waals surface area contributed by atoms with Crippen molar-refractivity contribution in [1.29, 1.82) is 0 Å². The number of morpholine rings is 1. The molecule has 1 aliphatic rings.